The molecule has 92 valence electrons. The van der Waals surface area contributed by atoms with Gasteiger partial charge in [-0.2, -0.15) is 0 Å². The van der Waals surface area contributed by atoms with Gasteiger partial charge in [-0.3, -0.25) is 0 Å². The van der Waals surface area contributed by atoms with E-state index in [1.165, 1.54) is 10.9 Å². The number of anilines is 1. The summed E-state index contributed by atoms with van der Waals surface area (Å²) in [5, 5.41) is 4.62. The van der Waals surface area contributed by atoms with Crippen molar-refractivity contribution in [1.29, 1.82) is 0 Å². The van der Waals surface area contributed by atoms with Gasteiger partial charge in [-0.05, 0) is 41.3 Å². The molecule has 2 aromatic carbocycles. The smallest absolute Gasteiger partial charge is 0.0457 e. The number of aromatic nitrogens is 1. The van der Waals surface area contributed by atoms with Crippen molar-refractivity contribution >= 4 is 16.6 Å². The van der Waals surface area contributed by atoms with Crippen molar-refractivity contribution in [3.8, 4) is 12.3 Å². The van der Waals surface area contributed by atoms with Crippen LogP contribution in [0.25, 0.3) is 10.9 Å². The highest BCUT2D eigenvalue weighted by atomic mass is 14.9. The summed E-state index contributed by atoms with van der Waals surface area (Å²) in [6.45, 7) is 0.781. The SMILES string of the molecule is C#Cc1cccc(NCc2ccc3cc[nH]c3c2)c1. The van der Waals surface area contributed by atoms with E-state index >= 15 is 0 Å². The van der Waals surface area contributed by atoms with Crippen molar-refractivity contribution in [2.75, 3.05) is 5.32 Å². The quantitative estimate of drug-likeness (QED) is 0.677. The monoisotopic (exact) mass is 246 g/mol. The van der Waals surface area contributed by atoms with Crippen molar-refractivity contribution in [2.24, 2.45) is 0 Å². The molecule has 0 fully saturated rings. The largest absolute Gasteiger partial charge is 0.381 e. The van der Waals surface area contributed by atoms with Gasteiger partial charge in [0.1, 0.15) is 0 Å². The van der Waals surface area contributed by atoms with Gasteiger partial charge in [0.15, 0.2) is 0 Å². The molecule has 2 heteroatoms. The third-order valence-corrected chi connectivity index (χ3v) is 3.15. The molecule has 0 radical (unpaired) electrons. The molecule has 1 aromatic heterocycles. The van der Waals surface area contributed by atoms with Crippen LogP contribution in [0, 0.1) is 12.3 Å². The summed E-state index contributed by atoms with van der Waals surface area (Å²) >= 11 is 0. The molecule has 0 unspecified atom stereocenters. The minimum atomic E-state index is 0.781. The first kappa shape index (κ1) is 11.4. The van der Waals surface area contributed by atoms with Crippen LogP contribution in [0.15, 0.2) is 54.7 Å². The lowest BCUT2D eigenvalue weighted by atomic mass is 10.1. The van der Waals surface area contributed by atoms with Crippen LogP contribution in [-0.2, 0) is 6.54 Å². The van der Waals surface area contributed by atoms with Crippen molar-refractivity contribution in [3.05, 3.63) is 65.9 Å². The van der Waals surface area contributed by atoms with E-state index in [2.05, 4.69) is 40.5 Å². The fraction of sp³-hybridized carbons (Fsp3) is 0.0588. The summed E-state index contributed by atoms with van der Waals surface area (Å²) in [5.41, 5.74) is 4.34. The van der Waals surface area contributed by atoms with Gasteiger partial charge in [-0.15, -0.1) is 6.42 Å². The minimum absolute atomic E-state index is 0.781. The van der Waals surface area contributed by atoms with E-state index in [9.17, 15) is 0 Å². The molecular weight excluding hydrogens is 232 g/mol. The second-order valence-electron chi connectivity index (χ2n) is 4.48. The zero-order valence-corrected chi connectivity index (χ0v) is 10.5. The summed E-state index contributed by atoms with van der Waals surface area (Å²) in [7, 11) is 0. The number of hydrogen-bond acceptors (Lipinski definition) is 1. The molecule has 0 aliphatic heterocycles. The number of aromatic amines is 1. The maximum absolute atomic E-state index is 5.39. The average Bonchev–Trinajstić information content (AvgIpc) is 2.93. The van der Waals surface area contributed by atoms with Gasteiger partial charge in [0, 0.05) is 29.5 Å². The maximum atomic E-state index is 5.39. The highest BCUT2D eigenvalue weighted by molar-refractivity contribution is 5.79. The molecule has 1 heterocycles. The Bertz CT molecular complexity index is 747. The average molecular weight is 246 g/mol. The number of nitrogens with one attached hydrogen (secondary N) is 2. The Morgan fingerprint density at radius 2 is 2.05 bits per heavy atom. The third-order valence-electron chi connectivity index (χ3n) is 3.15. The van der Waals surface area contributed by atoms with Crippen molar-refractivity contribution in [1.82, 2.24) is 4.98 Å². The zero-order chi connectivity index (χ0) is 13.1. The lowest BCUT2D eigenvalue weighted by Crippen LogP contribution is -1.99. The van der Waals surface area contributed by atoms with Crippen LogP contribution in [0.4, 0.5) is 5.69 Å². The molecule has 0 saturated heterocycles. The number of benzene rings is 2. The number of fused-ring (bicyclic) bond motifs is 1. The van der Waals surface area contributed by atoms with E-state index < -0.39 is 0 Å². The Balaban J connectivity index is 1.76. The summed E-state index contributed by atoms with van der Waals surface area (Å²) < 4.78 is 0. The van der Waals surface area contributed by atoms with E-state index in [-0.39, 0.29) is 0 Å². The second-order valence-corrected chi connectivity index (χ2v) is 4.48. The van der Waals surface area contributed by atoms with Crippen LogP contribution >= 0.6 is 0 Å². The molecule has 0 bridgehead atoms. The predicted molar refractivity (Wildman–Crippen MR) is 80.0 cm³/mol. The predicted octanol–water partition coefficient (Wildman–Crippen LogP) is 3.76. The maximum Gasteiger partial charge on any atom is 0.0457 e. The first-order valence-corrected chi connectivity index (χ1v) is 6.22. The van der Waals surface area contributed by atoms with Gasteiger partial charge in [-0.25, -0.2) is 0 Å². The van der Waals surface area contributed by atoms with Crippen molar-refractivity contribution in [3.63, 3.8) is 0 Å². The number of H-pyrrole nitrogens is 1. The Labute approximate surface area is 112 Å². The van der Waals surface area contributed by atoms with Crippen molar-refractivity contribution < 1.29 is 0 Å². The molecule has 3 aromatic rings. The normalized spacial score (nSPS) is 10.3. The molecule has 3 rings (SSSR count). The Kier molecular flexibility index (Phi) is 2.96. The van der Waals surface area contributed by atoms with Crippen LogP contribution in [0.1, 0.15) is 11.1 Å². The molecule has 0 saturated carbocycles. The van der Waals surface area contributed by atoms with Crippen LogP contribution < -0.4 is 5.32 Å². The van der Waals surface area contributed by atoms with Gasteiger partial charge in [0.25, 0.3) is 0 Å². The lowest BCUT2D eigenvalue weighted by Gasteiger charge is -2.07. The fourth-order valence-electron chi connectivity index (χ4n) is 2.13. The minimum Gasteiger partial charge on any atom is -0.381 e. The topological polar surface area (TPSA) is 27.8 Å². The molecule has 0 aliphatic carbocycles. The summed E-state index contributed by atoms with van der Waals surface area (Å²) in [6.07, 6.45) is 7.35. The Morgan fingerprint density at radius 3 is 2.95 bits per heavy atom. The number of rotatable bonds is 3. The van der Waals surface area contributed by atoms with Crippen molar-refractivity contribution in [2.45, 2.75) is 6.54 Å². The molecule has 0 amide bonds. The molecular formula is C17H14N2. The fourth-order valence-corrected chi connectivity index (χ4v) is 2.13. The van der Waals surface area contributed by atoms with Gasteiger partial charge < -0.3 is 10.3 Å². The Hall–Kier alpha value is -2.66. The van der Waals surface area contributed by atoms with Gasteiger partial charge in [0.2, 0.25) is 0 Å². The summed E-state index contributed by atoms with van der Waals surface area (Å²) in [4.78, 5) is 3.22. The molecule has 0 aliphatic rings. The van der Waals surface area contributed by atoms with Crippen LogP contribution in [0.3, 0.4) is 0 Å². The molecule has 2 N–H and O–H groups in total. The van der Waals surface area contributed by atoms with Crippen LogP contribution in [0.2, 0.25) is 0 Å². The lowest BCUT2D eigenvalue weighted by molar-refractivity contribution is 1.15. The first-order valence-electron chi connectivity index (χ1n) is 6.22. The Morgan fingerprint density at radius 1 is 1.11 bits per heavy atom. The molecule has 2 nitrogen and oxygen atoms in total. The van der Waals surface area contributed by atoms with E-state index in [0.717, 1.165) is 23.3 Å². The summed E-state index contributed by atoms with van der Waals surface area (Å²) in [6, 6.07) is 16.4. The van der Waals surface area contributed by atoms with Gasteiger partial charge in [-0.1, -0.05) is 24.1 Å². The standard InChI is InChI=1S/C17H14N2/c1-2-13-4-3-5-16(10-13)19-12-14-6-7-15-8-9-18-17(15)11-14/h1,3-11,18-19H,12H2. The van der Waals surface area contributed by atoms with E-state index in [4.69, 9.17) is 6.42 Å². The first-order chi connectivity index (χ1) is 9.35. The third kappa shape index (κ3) is 2.46. The highest BCUT2D eigenvalue weighted by Gasteiger charge is 1.98. The number of terminal acetylenes is 1. The molecule has 0 spiro atoms. The number of hydrogen-bond donors (Lipinski definition) is 2. The summed E-state index contributed by atoms with van der Waals surface area (Å²) in [5.74, 6) is 2.64. The zero-order valence-electron chi connectivity index (χ0n) is 10.5. The van der Waals surface area contributed by atoms with Crippen LogP contribution in [-0.4, -0.2) is 4.98 Å². The second kappa shape index (κ2) is 4.91. The highest BCUT2D eigenvalue weighted by Crippen LogP contribution is 2.16. The molecule has 0 atom stereocenters. The molecule has 19 heavy (non-hydrogen) atoms. The van der Waals surface area contributed by atoms with E-state index in [0.29, 0.717) is 0 Å². The van der Waals surface area contributed by atoms with E-state index in [1.54, 1.807) is 0 Å². The van der Waals surface area contributed by atoms with Gasteiger partial charge in [0.05, 0.1) is 0 Å². The van der Waals surface area contributed by atoms with Gasteiger partial charge >= 0.3 is 0 Å². The van der Waals surface area contributed by atoms with Crippen LogP contribution in [0.5, 0.6) is 0 Å². The van der Waals surface area contributed by atoms with E-state index in [1.807, 2.05) is 30.5 Å².